The molecule has 3 aromatic rings. The molecule has 27 heavy (non-hydrogen) atoms. The second-order valence-electron chi connectivity index (χ2n) is 5.43. The Morgan fingerprint density at radius 3 is 2.81 bits per heavy atom. The lowest BCUT2D eigenvalue weighted by molar-refractivity contribution is -0.384. The number of nitrogens with zero attached hydrogens (tertiary/aromatic N) is 2. The minimum absolute atomic E-state index is 0.213. The molecule has 0 saturated heterocycles. The van der Waals surface area contributed by atoms with Gasteiger partial charge in [0.15, 0.2) is 12.2 Å². The van der Waals surface area contributed by atoms with Crippen molar-refractivity contribution < 1.29 is 28.2 Å². The van der Waals surface area contributed by atoms with Crippen LogP contribution in [-0.2, 0) is 20.7 Å². The molecule has 0 aliphatic heterocycles. The zero-order valence-corrected chi connectivity index (χ0v) is 13.7. The fourth-order valence-electron chi connectivity index (χ4n) is 2.31. The van der Waals surface area contributed by atoms with Crippen molar-refractivity contribution in [3.63, 3.8) is 0 Å². The van der Waals surface area contributed by atoms with Crippen molar-refractivity contribution in [2.45, 2.75) is 6.42 Å². The molecule has 0 spiro atoms. The molecule has 138 valence electrons. The quantitative estimate of drug-likeness (QED) is 0.400. The van der Waals surface area contributed by atoms with Crippen molar-refractivity contribution in [1.29, 1.82) is 0 Å². The highest BCUT2D eigenvalue weighted by atomic mass is 19.1. The number of hydrogen-bond donors (Lipinski definition) is 1. The van der Waals surface area contributed by atoms with Crippen molar-refractivity contribution in [3.05, 3.63) is 64.1 Å². The number of rotatable bonds is 6. The molecule has 0 aliphatic carbocycles. The van der Waals surface area contributed by atoms with Gasteiger partial charge in [-0.25, -0.2) is 4.39 Å². The van der Waals surface area contributed by atoms with Crippen LogP contribution in [0.2, 0.25) is 0 Å². The molecule has 0 aliphatic rings. The molecule has 10 heteroatoms. The molecule has 0 atom stereocenters. The molecule has 9 nitrogen and oxygen atoms in total. The number of nitro groups is 1. The van der Waals surface area contributed by atoms with Crippen LogP contribution in [0, 0.1) is 15.9 Å². The van der Waals surface area contributed by atoms with Crippen molar-refractivity contribution in [3.8, 4) is 0 Å². The number of fused-ring (bicyclic) bond motifs is 1. The number of benzene rings is 2. The molecule has 1 heterocycles. The fraction of sp³-hybridized carbons (Fsp3) is 0.118. The van der Waals surface area contributed by atoms with Crippen molar-refractivity contribution >= 4 is 34.2 Å². The molecule has 1 aromatic heterocycles. The summed E-state index contributed by atoms with van der Waals surface area (Å²) in [7, 11) is 0. The predicted molar refractivity (Wildman–Crippen MR) is 90.4 cm³/mol. The summed E-state index contributed by atoms with van der Waals surface area (Å²) in [6, 6.07) is 9.63. The van der Waals surface area contributed by atoms with Gasteiger partial charge in [-0.2, -0.15) is 0 Å². The molecule has 1 amide bonds. The Kier molecular flexibility index (Phi) is 5.06. The van der Waals surface area contributed by atoms with Gasteiger partial charge in [0.1, 0.15) is 11.5 Å². The van der Waals surface area contributed by atoms with Crippen LogP contribution >= 0.6 is 0 Å². The molecular weight excluding hydrogens is 361 g/mol. The molecular formula is C17H12FN3O6. The number of nitrogens with one attached hydrogen (secondary N) is 1. The summed E-state index contributed by atoms with van der Waals surface area (Å²) in [6.45, 7) is -0.684. The van der Waals surface area contributed by atoms with E-state index in [0.29, 0.717) is 16.7 Å². The number of ether oxygens (including phenoxy) is 1. The summed E-state index contributed by atoms with van der Waals surface area (Å²) in [5.41, 5.74) is 0.106. The normalized spacial score (nSPS) is 10.6. The van der Waals surface area contributed by atoms with Gasteiger partial charge in [-0.15, -0.1) is 0 Å². The Morgan fingerprint density at radius 2 is 2.04 bits per heavy atom. The van der Waals surface area contributed by atoms with E-state index in [-0.39, 0.29) is 17.8 Å². The van der Waals surface area contributed by atoms with E-state index in [9.17, 15) is 24.1 Å². The average Bonchev–Trinajstić information content (AvgIpc) is 3.05. The molecule has 2 aromatic carbocycles. The third-order valence-corrected chi connectivity index (χ3v) is 3.56. The average molecular weight is 373 g/mol. The lowest BCUT2D eigenvalue weighted by atomic mass is 10.2. The smallest absolute Gasteiger partial charge is 0.312 e. The maximum Gasteiger partial charge on any atom is 0.312 e. The lowest BCUT2D eigenvalue weighted by Gasteiger charge is -2.07. The van der Waals surface area contributed by atoms with E-state index in [2.05, 4.69) is 10.5 Å². The molecule has 0 fully saturated rings. The van der Waals surface area contributed by atoms with E-state index in [0.717, 1.165) is 18.2 Å². The molecule has 3 rings (SSSR count). The van der Waals surface area contributed by atoms with E-state index < -0.39 is 29.2 Å². The van der Waals surface area contributed by atoms with Gasteiger partial charge in [-0.05, 0) is 18.2 Å². The number of nitro benzene ring substituents is 1. The van der Waals surface area contributed by atoms with Crippen molar-refractivity contribution in [2.24, 2.45) is 0 Å². The van der Waals surface area contributed by atoms with Crippen LogP contribution in [0.4, 0.5) is 15.8 Å². The monoisotopic (exact) mass is 373 g/mol. The maximum absolute atomic E-state index is 13.6. The van der Waals surface area contributed by atoms with Crippen LogP contribution in [0.5, 0.6) is 0 Å². The first-order valence-corrected chi connectivity index (χ1v) is 7.67. The van der Waals surface area contributed by atoms with Crippen LogP contribution in [0.1, 0.15) is 5.69 Å². The van der Waals surface area contributed by atoms with Crippen LogP contribution in [-0.4, -0.2) is 28.6 Å². The van der Waals surface area contributed by atoms with Crippen LogP contribution in [0.15, 0.2) is 47.0 Å². The second-order valence-corrected chi connectivity index (χ2v) is 5.43. The number of anilines is 1. The summed E-state index contributed by atoms with van der Waals surface area (Å²) < 4.78 is 23.5. The van der Waals surface area contributed by atoms with Gasteiger partial charge in [0.05, 0.1) is 17.0 Å². The zero-order valence-electron chi connectivity index (χ0n) is 13.7. The van der Waals surface area contributed by atoms with E-state index in [1.807, 2.05) is 0 Å². The minimum Gasteiger partial charge on any atom is -0.455 e. The zero-order chi connectivity index (χ0) is 19.4. The first-order valence-electron chi connectivity index (χ1n) is 7.67. The number of para-hydroxylation sites is 1. The Bertz CT molecular complexity index is 1030. The molecule has 0 unspecified atom stereocenters. The highest BCUT2D eigenvalue weighted by Crippen LogP contribution is 2.21. The lowest BCUT2D eigenvalue weighted by Crippen LogP contribution is -2.22. The third kappa shape index (κ3) is 4.24. The summed E-state index contributed by atoms with van der Waals surface area (Å²) in [5, 5.41) is 17.2. The van der Waals surface area contributed by atoms with Gasteiger partial charge in [-0.1, -0.05) is 17.3 Å². The number of halogens is 1. The van der Waals surface area contributed by atoms with Crippen LogP contribution < -0.4 is 5.32 Å². The molecule has 0 bridgehead atoms. The van der Waals surface area contributed by atoms with E-state index in [4.69, 9.17) is 9.26 Å². The van der Waals surface area contributed by atoms with Gasteiger partial charge >= 0.3 is 5.97 Å². The number of hydrogen-bond acceptors (Lipinski definition) is 7. The summed E-state index contributed by atoms with van der Waals surface area (Å²) >= 11 is 0. The van der Waals surface area contributed by atoms with Crippen LogP contribution in [0.3, 0.4) is 0 Å². The fourth-order valence-corrected chi connectivity index (χ4v) is 2.31. The second kappa shape index (κ2) is 7.60. The highest BCUT2D eigenvalue weighted by Gasteiger charge is 2.16. The van der Waals surface area contributed by atoms with E-state index in [1.54, 1.807) is 24.3 Å². The summed E-state index contributed by atoms with van der Waals surface area (Å²) in [5.74, 6) is -2.43. The van der Waals surface area contributed by atoms with E-state index >= 15 is 0 Å². The van der Waals surface area contributed by atoms with Gasteiger partial charge in [-0.3, -0.25) is 19.7 Å². The predicted octanol–water partition coefficient (Wildman–Crippen LogP) is 2.60. The van der Waals surface area contributed by atoms with E-state index in [1.165, 1.54) is 0 Å². The van der Waals surface area contributed by atoms with Gasteiger partial charge < -0.3 is 14.6 Å². The Morgan fingerprint density at radius 1 is 1.26 bits per heavy atom. The maximum atomic E-state index is 13.6. The van der Waals surface area contributed by atoms with Crippen molar-refractivity contribution in [1.82, 2.24) is 5.16 Å². The summed E-state index contributed by atoms with van der Waals surface area (Å²) in [6.07, 6.45) is -0.213. The Hall–Kier alpha value is -3.82. The number of amides is 1. The van der Waals surface area contributed by atoms with Gasteiger partial charge in [0.2, 0.25) is 0 Å². The first kappa shape index (κ1) is 18.0. The molecule has 1 N–H and O–H groups in total. The number of non-ortho nitro benzene ring substituents is 1. The first-order chi connectivity index (χ1) is 12.9. The molecule has 0 radical (unpaired) electrons. The largest absolute Gasteiger partial charge is 0.455 e. The SMILES string of the molecule is O=C(COC(=O)Cc1noc2ccccc12)Nc1cc([N+](=O)[O-])ccc1F. The summed E-state index contributed by atoms with van der Waals surface area (Å²) in [4.78, 5) is 33.7. The highest BCUT2D eigenvalue weighted by molar-refractivity contribution is 5.93. The van der Waals surface area contributed by atoms with Gasteiger partial charge in [0.25, 0.3) is 11.6 Å². The van der Waals surface area contributed by atoms with Crippen molar-refractivity contribution in [2.75, 3.05) is 11.9 Å². The number of carbonyl (C=O) groups is 2. The standard InChI is InChI=1S/C17H12FN3O6/c18-12-6-5-10(21(24)25)7-14(12)19-16(22)9-26-17(23)8-13-11-3-1-2-4-15(11)27-20-13/h1-7H,8-9H2,(H,19,22). The molecule has 0 saturated carbocycles. The minimum atomic E-state index is -0.852. The Labute approximate surface area is 150 Å². The van der Waals surface area contributed by atoms with Crippen LogP contribution in [0.25, 0.3) is 11.0 Å². The third-order valence-electron chi connectivity index (χ3n) is 3.56. The number of esters is 1. The number of carbonyl (C=O) groups excluding carboxylic acids is 2. The number of aromatic nitrogens is 1. The topological polar surface area (TPSA) is 125 Å². The van der Waals surface area contributed by atoms with Gasteiger partial charge in [0, 0.05) is 17.5 Å². The Balaban J connectivity index is 1.57.